The van der Waals surface area contributed by atoms with Gasteiger partial charge in [-0.1, -0.05) is 17.7 Å². The van der Waals surface area contributed by atoms with Crippen molar-refractivity contribution in [3.8, 4) is 11.3 Å². The summed E-state index contributed by atoms with van der Waals surface area (Å²) in [5.74, 6) is 1.99. The highest BCUT2D eigenvalue weighted by Gasteiger charge is 2.55. The Bertz CT molecular complexity index is 1070. The number of fused-ring (bicyclic) bond motifs is 1. The molecule has 4 heterocycles. The van der Waals surface area contributed by atoms with Crippen LogP contribution in [0.15, 0.2) is 30.5 Å². The van der Waals surface area contributed by atoms with E-state index in [0.717, 1.165) is 56.3 Å². The molecule has 188 valence electrons. The van der Waals surface area contributed by atoms with Crippen LogP contribution in [0, 0.1) is 17.3 Å². The van der Waals surface area contributed by atoms with Gasteiger partial charge < -0.3 is 25.4 Å². The SMILES string of the molecule is CC(C)O[C@H]1CNCC1CC(=O)Nc1cc(-c2cccc(NCC34CCOCC3C4)n2)c(Cl)cn1. The molecule has 9 heteroatoms. The first-order valence-corrected chi connectivity index (χ1v) is 12.9. The maximum absolute atomic E-state index is 12.8. The number of nitrogens with one attached hydrogen (secondary N) is 3. The summed E-state index contributed by atoms with van der Waals surface area (Å²) in [7, 11) is 0. The van der Waals surface area contributed by atoms with Crippen molar-refractivity contribution in [2.24, 2.45) is 17.3 Å². The maximum Gasteiger partial charge on any atom is 0.225 e. The Morgan fingerprint density at radius 1 is 1.34 bits per heavy atom. The smallest absolute Gasteiger partial charge is 0.225 e. The predicted octanol–water partition coefficient (Wildman–Crippen LogP) is 3.98. The first-order chi connectivity index (χ1) is 16.9. The van der Waals surface area contributed by atoms with E-state index in [9.17, 15) is 4.79 Å². The van der Waals surface area contributed by atoms with Gasteiger partial charge in [0.05, 0.1) is 22.9 Å². The fourth-order valence-electron chi connectivity index (χ4n) is 5.29. The number of rotatable bonds is 9. The molecule has 3 aliphatic rings. The standard InChI is InChI=1S/C26H34ClN5O3/c1-16(2)35-22-13-28-11-17(22)8-25(33)32-24-9-19(20(27)12-29-24)21-4-3-5-23(31-21)30-15-26-6-7-34-14-18(26)10-26/h3-5,9,12,16-18,22,28H,6-8,10-11,13-15H2,1-2H3,(H,30,31)(H,29,32,33)/t17?,18?,22-,26?/m0/s1. The van der Waals surface area contributed by atoms with Gasteiger partial charge in [-0.25, -0.2) is 9.97 Å². The number of carbonyl (C=O) groups excluding carboxylic acids is 1. The van der Waals surface area contributed by atoms with E-state index in [1.165, 1.54) is 6.42 Å². The number of hydrogen-bond donors (Lipinski definition) is 3. The first-order valence-electron chi connectivity index (χ1n) is 12.5. The van der Waals surface area contributed by atoms with Crippen molar-refractivity contribution in [2.75, 3.05) is 43.5 Å². The van der Waals surface area contributed by atoms with E-state index in [0.29, 0.717) is 28.6 Å². The third-order valence-electron chi connectivity index (χ3n) is 7.36. The van der Waals surface area contributed by atoms with Gasteiger partial charge in [-0.3, -0.25) is 4.79 Å². The van der Waals surface area contributed by atoms with Gasteiger partial charge in [-0.05, 0) is 56.2 Å². The van der Waals surface area contributed by atoms with Crippen molar-refractivity contribution in [1.29, 1.82) is 0 Å². The highest BCUT2D eigenvalue weighted by atomic mass is 35.5. The number of ether oxygens (including phenoxy) is 2. The number of halogens is 1. The van der Waals surface area contributed by atoms with Gasteiger partial charge in [0, 0.05) is 56.9 Å². The fourth-order valence-corrected chi connectivity index (χ4v) is 5.49. The quantitative estimate of drug-likeness (QED) is 0.480. The molecule has 2 aromatic heterocycles. The van der Waals surface area contributed by atoms with Crippen LogP contribution >= 0.6 is 11.6 Å². The highest BCUT2D eigenvalue weighted by Crippen LogP contribution is 2.57. The molecular formula is C26H34ClN5O3. The lowest BCUT2D eigenvalue weighted by Gasteiger charge is -2.23. The molecule has 8 nitrogen and oxygen atoms in total. The van der Waals surface area contributed by atoms with E-state index < -0.39 is 0 Å². The van der Waals surface area contributed by atoms with Gasteiger partial charge in [0.25, 0.3) is 0 Å². The van der Waals surface area contributed by atoms with Crippen molar-refractivity contribution < 1.29 is 14.3 Å². The zero-order valence-corrected chi connectivity index (χ0v) is 21.1. The third kappa shape index (κ3) is 5.77. The van der Waals surface area contributed by atoms with Gasteiger partial charge in [-0.2, -0.15) is 0 Å². The third-order valence-corrected chi connectivity index (χ3v) is 7.67. The van der Waals surface area contributed by atoms with E-state index in [-0.39, 0.29) is 24.0 Å². The van der Waals surface area contributed by atoms with Crippen molar-refractivity contribution in [3.63, 3.8) is 0 Å². The zero-order chi connectivity index (χ0) is 24.4. The molecule has 1 amide bonds. The lowest BCUT2D eigenvalue weighted by Crippen LogP contribution is -2.29. The number of amides is 1. The summed E-state index contributed by atoms with van der Waals surface area (Å²) < 4.78 is 11.5. The minimum Gasteiger partial charge on any atom is -0.381 e. The van der Waals surface area contributed by atoms with Gasteiger partial charge in [0.2, 0.25) is 5.91 Å². The Hall–Kier alpha value is -2.26. The second-order valence-electron chi connectivity index (χ2n) is 10.3. The van der Waals surface area contributed by atoms with Gasteiger partial charge >= 0.3 is 0 Å². The topological polar surface area (TPSA) is 97.4 Å². The van der Waals surface area contributed by atoms with E-state index >= 15 is 0 Å². The number of pyridine rings is 2. The highest BCUT2D eigenvalue weighted by molar-refractivity contribution is 6.33. The molecule has 4 atom stereocenters. The largest absolute Gasteiger partial charge is 0.381 e. The average Bonchev–Trinajstić information content (AvgIpc) is 3.43. The first kappa shape index (κ1) is 24.4. The summed E-state index contributed by atoms with van der Waals surface area (Å²) in [6, 6.07) is 7.64. The van der Waals surface area contributed by atoms with Crippen molar-refractivity contribution in [3.05, 3.63) is 35.5 Å². The molecule has 1 aliphatic carbocycles. The van der Waals surface area contributed by atoms with Crippen LogP contribution in [0.2, 0.25) is 5.02 Å². The van der Waals surface area contributed by atoms with Crippen molar-refractivity contribution in [2.45, 2.75) is 45.3 Å². The van der Waals surface area contributed by atoms with Gasteiger partial charge in [0.15, 0.2) is 0 Å². The normalized spacial score (nSPS) is 27.5. The summed E-state index contributed by atoms with van der Waals surface area (Å²) >= 11 is 6.48. The summed E-state index contributed by atoms with van der Waals surface area (Å²) in [6.07, 6.45) is 4.43. The average molecular weight is 500 g/mol. The molecule has 3 unspecified atom stereocenters. The Labute approximate surface area is 211 Å². The molecule has 1 saturated carbocycles. The van der Waals surface area contributed by atoms with E-state index in [4.69, 9.17) is 26.1 Å². The monoisotopic (exact) mass is 499 g/mol. The van der Waals surface area contributed by atoms with E-state index in [1.54, 1.807) is 12.3 Å². The van der Waals surface area contributed by atoms with Crippen molar-refractivity contribution >= 4 is 29.1 Å². The maximum atomic E-state index is 12.8. The minimum atomic E-state index is -0.0880. The zero-order valence-electron chi connectivity index (χ0n) is 20.4. The van der Waals surface area contributed by atoms with E-state index in [2.05, 4.69) is 20.9 Å². The molecule has 2 aromatic rings. The lowest BCUT2D eigenvalue weighted by atomic mass is 9.98. The second kappa shape index (κ2) is 10.4. The Balaban J connectivity index is 1.23. The van der Waals surface area contributed by atoms with Gasteiger partial charge in [-0.15, -0.1) is 0 Å². The van der Waals surface area contributed by atoms with E-state index in [1.807, 2.05) is 32.0 Å². The second-order valence-corrected chi connectivity index (χ2v) is 10.7. The molecule has 2 aliphatic heterocycles. The molecule has 3 fully saturated rings. The van der Waals surface area contributed by atoms with Crippen LogP contribution < -0.4 is 16.0 Å². The number of carbonyl (C=O) groups is 1. The van der Waals surface area contributed by atoms with Crippen LogP contribution in [0.1, 0.15) is 33.1 Å². The van der Waals surface area contributed by atoms with Crippen LogP contribution in [-0.2, 0) is 14.3 Å². The summed E-state index contributed by atoms with van der Waals surface area (Å²) in [6.45, 7) is 8.18. The van der Waals surface area contributed by atoms with Crippen LogP contribution in [0.4, 0.5) is 11.6 Å². The molecule has 5 rings (SSSR count). The summed E-state index contributed by atoms with van der Waals surface area (Å²) in [4.78, 5) is 21.9. The molecule has 2 saturated heterocycles. The number of nitrogens with zero attached hydrogens (tertiary/aromatic N) is 2. The van der Waals surface area contributed by atoms with Gasteiger partial charge in [0.1, 0.15) is 11.6 Å². The molecule has 3 N–H and O–H groups in total. The molecule has 0 radical (unpaired) electrons. The summed E-state index contributed by atoms with van der Waals surface area (Å²) in [5, 5.41) is 10.3. The number of aromatic nitrogens is 2. The molecular weight excluding hydrogens is 466 g/mol. The number of hydrogen-bond acceptors (Lipinski definition) is 7. The molecule has 0 bridgehead atoms. The van der Waals surface area contributed by atoms with Crippen LogP contribution in [0.3, 0.4) is 0 Å². The van der Waals surface area contributed by atoms with Crippen molar-refractivity contribution in [1.82, 2.24) is 15.3 Å². The van der Waals surface area contributed by atoms with Crippen LogP contribution in [0.5, 0.6) is 0 Å². The molecule has 35 heavy (non-hydrogen) atoms. The molecule has 0 aromatic carbocycles. The predicted molar refractivity (Wildman–Crippen MR) is 137 cm³/mol. The molecule has 0 spiro atoms. The lowest BCUT2D eigenvalue weighted by molar-refractivity contribution is -0.118. The Morgan fingerprint density at radius 2 is 2.23 bits per heavy atom. The number of anilines is 2. The van der Waals surface area contributed by atoms with Crippen LogP contribution in [-0.4, -0.2) is 60.9 Å². The Morgan fingerprint density at radius 3 is 3.06 bits per heavy atom. The minimum absolute atomic E-state index is 0.0422. The fraction of sp³-hybridized carbons (Fsp3) is 0.577. The summed E-state index contributed by atoms with van der Waals surface area (Å²) in [5.41, 5.74) is 1.83. The van der Waals surface area contributed by atoms with Crippen LogP contribution in [0.25, 0.3) is 11.3 Å². The Kier molecular flexibility index (Phi) is 7.25.